The van der Waals surface area contributed by atoms with Gasteiger partial charge in [-0.2, -0.15) is 5.10 Å². The summed E-state index contributed by atoms with van der Waals surface area (Å²) in [6.45, 7) is 0.929. The molecule has 2 aromatic heterocycles. The Morgan fingerprint density at radius 2 is 2.04 bits per heavy atom. The largest absolute Gasteiger partial charge is 0.454 e. The van der Waals surface area contributed by atoms with Gasteiger partial charge in [-0.05, 0) is 43.5 Å². The molecule has 132 valence electrons. The summed E-state index contributed by atoms with van der Waals surface area (Å²) < 4.78 is 12.5. The molecule has 0 radical (unpaired) electrons. The lowest BCUT2D eigenvalue weighted by Crippen LogP contribution is -2.38. The van der Waals surface area contributed by atoms with Crippen molar-refractivity contribution >= 4 is 11.6 Å². The van der Waals surface area contributed by atoms with Crippen molar-refractivity contribution in [3.63, 3.8) is 0 Å². The second-order valence-electron chi connectivity index (χ2n) is 6.56. The minimum atomic E-state index is -0.0263. The van der Waals surface area contributed by atoms with Gasteiger partial charge in [-0.25, -0.2) is 9.50 Å². The topological polar surface area (TPSA) is 69.0 Å². The van der Waals surface area contributed by atoms with Crippen molar-refractivity contribution in [2.45, 2.75) is 25.3 Å². The zero-order chi connectivity index (χ0) is 17.5. The molecule has 0 saturated carbocycles. The van der Waals surface area contributed by atoms with Crippen molar-refractivity contribution in [3.8, 4) is 11.5 Å². The van der Waals surface area contributed by atoms with Gasteiger partial charge in [0.15, 0.2) is 17.1 Å². The van der Waals surface area contributed by atoms with Gasteiger partial charge in [-0.1, -0.05) is 0 Å². The summed E-state index contributed by atoms with van der Waals surface area (Å²) in [6.07, 6.45) is 6.62. The predicted octanol–water partition coefficient (Wildman–Crippen LogP) is 2.83. The van der Waals surface area contributed by atoms with Crippen molar-refractivity contribution in [1.29, 1.82) is 0 Å². The Balaban J connectivity index is 1.48. The van der Waals surface area contributed by atoms with E-state index >= 15 is 0 Å². The molecule has 3 aromatic rings. The number of aromatic nitrogens is 3. The Morgan fingerprint density at radius 1 is 1.12 bits per heavy atom. The maximum atomic E-state index is 13.2. The number of likely N-dealkylation sites (tertiary alicyclic amines) is 1. The molecule has 1 amide bonds. The van der Waals surface area contributed by atoms with Gasteiger partial charge in [-0.3, -0.25) is 4.79 Å². The lowest BCUT2D eigenvalue weighted by molar-refractivity contribution is 0.0606. The van der Waals surface area contributed by atoms with Crippen molar-refractivity contribution in [2.75, 3.05) is 13.3 Å². The average molecular weight is 350 g/mol. The van der Waals surface area contributed by atoms with Gasteiger partial charge in [0.1, 0.15) is 0 Å². The Hall–Kier alpha value is -3.09. The summed E-state index contributed by atoms with van der Waals surface area (Å²) in [5.41, 5.74) is 2.32. The number of benzene rings is 1. The lowest BCUT2D eigenvalue weighted by atomic mass is 9.98. The summed E-state index contributed by atoms with van der Waals surface area (Å²) in [5.74, 6) is 1.32. The summed E-state index contributed by atoms with van der Waals surface area (Å²) in [4.78, 5) is 19.8. The van der Waals surface area contributed by atoms with Gasteiger partial charge in [0, 0.05) is 24.4 Å². The van der Waals surface area contributed by atoms with Gasteiger partial charge in [0.25, 0.3) is 5.91 Å². The Bertz CT molecular complexity index is 984. The fourth-order valence-electron chi connectivity index (χ4n) is 3.69. The molecule has 2 aliphatic rings. The van der Waals surface area contributed by atoms with E-state index in [-0.39, 0.29) is 18.7 Å². The zero-order valence-corrected chi connectivity index (χ0v) is 14.2. The monoisotopic (exact) mass is 350 g/mol. The third kappa shape index (κ3) is 2.47. The van der Waals surface area contributed by atoms with E-state index in [9.17, 15) is 4.79 Å². The second kappa shape index (κ2) is 6.01. The number of hydrogen-bond acceptors (Lipinski definition) is 5. The molecule has 0 aliphatic carbocycles. The van der Waals surface area contributed by atoms with Crippen molar-refractivity contribution < 1.29 is 14.3 Å². The quantitative estimate of drug-likeness (QED) is 0.711. The van der Waals surface area contributed by atoms with Gasteiger partial charge in [0.2, 0.25) is 6.79 Å². The van der Waals surface area contributed by atoms with E-state index in [4.69, 9.17) is 14.5 Å². The van der Waals surface area contributed by atoms with Crippen LogP contribution in [0.5, 0.6) is 11.5 Å². The summed E-state index contributed by atoms with van der Waals surface area (Å²) >= 11 is 0. The first-order chi connectivity index (χ1) is 12.8. The number of ether oxygens (including phenoxy) is 2. The van der Waals surface area contributed by atoms with Crippen molar-refractivity contribution in [3.05, 3.63) is 54.0 Å². The SMILES string of the molecule is O=C(c1ccc2c(c1)OCO2)N1CCCCC1c1ccn2nccc2n1. The third-order valence-corrected chi connectivity index (χ3v) is 5.00. The molecule has 0 bridgehead atoms. The molecule has 1 fully saturated rings. The molecule has 5 rings (SSSR count). The molecular weight excluding hydrogens is 332 g/mol. The van der Waals surface area contributed by atoms with E-state index in [1.54, 1.807) is 28.9 Å². The number of piperidine rings is 1. The molecule has 1 atom stereocenters. The minimum absolute atomic E-state index is 0.00295. The molecule has 2 aliphatic heterocycles. The van der Waals surface area contributed by atoms with Crippen LogP contribution in [0.4, 0.5) is 0 Å². The summed E-state index contributed by atoms with van der Waals surface area (Å²) in [6, 6.07) is 9.16. The van der Waals surface area contributed by atoms with Crippen molar-refractivity contribution in [1.82, 2.24) is 19.5 Å². The molecule has 7 nitrogen and oxygen atoms in total. The third-order valence-electron chi connectivity index (χ3n) is 5.00. The van der Waals surface area contributed by atoms with Gasteiger partial charge >= 0.3 is 0 Å². The van der Waals surface area contributed by atoms with Crippen LogP contribution in [0.2, 0.25) is 0 Å². The van der Waals surface area contributed by atoms with Crippen LogP contribution >= 0.6 is 0 Å². The highest BCUT2D eigenvalue weighted by molar-refractivity contribution is 5.95. The first-order valence-electron chi connectivity index (χ1n) is 8.80. The molecule has 4 heterocycles. The first kappa shape index (κ1) is 15.2. The van der Waals surface area contributed by atoms with Crippen LogP contribution in [-0.2, 0) is 0 Å². The van der Waals surface area contributed by atoms with E-state index in [1.807, 2.05) is 23.2 Å². The maximum Gasteiger partial charge on any atom is 0.254 e. The van der Waals surface area contributed by atoms with Gasteiger partial charge in [0.05, 0.1) is 17.9 Å². The molecule has 1 aromatic carbocycles. The van der Waals surface area contributed by atoms with Crippen LogP contribution in [-0.4, -0.2) is 38.7 Å². The molecular formula is C19H18N4O3. The highest BCUT2D eigenvalue weighted by Gasteiger charge is 2.30. The standard InChI is InChI=1S/C19H18N4O3/c24-19(13-4-5-16-17(11-13)26-12-25-16)22-9-2-1-3-15(22)14-7-10-23-18(21-14)6-8-20-23/h4-8,10-11,15H,1-3,9,12H2. The van der Waals surface area contributed by atoms with Crippen molar-refractivity contribution in [2.24, 2.45) is 0 Å². The molecule has 0 N–H and O–H groups in total. The van der Waals surface area contributed by atoms with Crippen LogP contribution < -0.4 is 9.47 Å². The Morgan fingerprint density at radius 3 is 3.00 bits per heavy atom. The Labute approximate surface area is 150 Å². The maximum absolute atomic E-state index is 13.2. The minimum Gasteiger partial charge on any atom is -0.454 e. The lowest BCUT2D eigenvalue weighted by Gasteiger charge is -2.35. The van der Waals surface area contributed by atoms with E-state index in [1.165, 1.54) is 0 Å². The van der Waals surface area contributed by atoms with Crippen LogP contribution in [0, 0.1) is 0 Å². The molecule has 1 unspecified atom stereocenters. The number of fused-ring (bicyclic) bond motifs is 2. The van der Waals surface area contributed by atoms with Crippen LogP contribution in [0.15, 0.2) is 42.7 Å². The summed E-state index contributed by atoms with van der Waals surface area (Å²) in [7, 11) is 0. The number of carbonyl (C=O) groups excluding carboxylic acids is 1. The fraction of sp³-hybridized carbons (Fsp3) is 0.316. The second-order valence-corrected chi connectivity index (χ2v) is 6.56. The van der Waals surface area contributed by atoms with Gasteiger partial charge < -0.3 is 14.4 Å². The van der Waals surface area contributed by atoms with Crippen LogP contribution in [0.25, 0.3) is 5.65 Å². The number of hydrogen-bond donors (Lipinski definition) is 0. The van der Waals surface area contributed by atoms with Crippen LogP contribution in [0.3, 0.4) is 0 Å². The fourth-order valence-corrected chi connectivity index (χ4v) is 3.69. The van der Waals surface area contributed by atoms with E-state index in [0.717, 1.165) is 37.1 Å². The number of nitrogens with zero attached hydrogens (tertiary/aromatic N) is 4. The number of carbonyl (C=O) groups is 1. The Kier molecular flexibility index (Phi) is 3.51. The van der Waals surface area contributed by atoms with E-state index in [2.05, 4.69) is 5.10 Å². The highest BCUT2D eigenvalue weighted by atomic mass is 16.7. The molecule has 7 heteroatoms. The number of amides is 1. The molecule has 0 spiro atoms. The van der Waals surface area contributed by atoms with E-state index < -0.39 is 0 Å². The molecule has 26 heavy (non-hydrogen) atoms. The molecule has 1 saturated heterocycles. The zero-order valence-electron chi connectivity index (χ0n) is 14.2. The highest BCUT2D eigenvalue weighted by Crippen LogP contribution is 2.35. The number of rotatable bonds is 2. The van der Waals surface area contributed by atoms with Crippen LogP contribution in [0.1, 0.15) is 41.4 Å². The van der Waals surface area contributed by atoms with E-state index in [0.29, 0.717) is 17.1 Å². The predicted molar refractivity (Wildman–Crippen MR) is 93.2 cm³/mol. The first-order valence-corrected chi connectivity index (χ1v) is 8.80. The van der Waals surface area contributed by atoms with Gasteiger partial charge in [-0.15, -0.1) is 0 Å². The smallest absolute Gasteiger partial charge is 0.254 e. The normalized spacial score (nSPS) is 19.1. The summed E-state index contributed by atoms with van der Waals surface area (Å²) in [5, 5.41) is 4.19. The average Bonchev–Trinajstić information content (AvgIpc) is 3.35.